The quantitative estimate of drug-likeness (QED) is 0.732. The Kier molecular flexibility index (Phi) is 2.33. The largest absolute Gasteiger partial charge is 0.333 e. The average Bonchev–Trinajstić information content (AvgIpc) is 2.62. The van der Waals surface area contributed by atoms with E-state index < -0.39 is 0 Å². The van der Waals surface area contributed by atoms with Crippen LogP contribution < -0.4 is 5.73 Å². The van der Waals surface area contributed by atoms with Gasteiger partial charge in [-0.1, -0.05) is 6.07 Å². The monoisotopic (exact) mass is 196 g/mol. The molecule has 0 saturated carbocycles. The molecule has 0 radical (unpaired) electrons. The van der Waals surface area contributed by atoms with E-state index in [1.807, 2.05) is 16.3 Å². The van der Waals surface area contributed by atoms with Gasteiger partial charge >= 0.3 is 0 Å². The van der Waals surface area contributed by atoms with Crippen LogP contribution in [0.3, 0.4) is 0 Å². The van der Waals surface area contributed by atoms with Gasteiger partial charge in [-0.25, -0.2) is 0 Å². The van der Waals surface area contributed by atoms with Crippen molar-refractivity contribution in [3.8, 4) is 0 Å². The van der Waals surface area contributed by atoms with Crippen molar-refractivity contribution in [2.45, 2.75) is 12.5 Å². The molecule has 1 unspecified atom stereocenters. The van der Waals surface area contributed by atoms with Gasteiger partial charge in [0.1, 0.15) is 0 Å². The molecule has 2 N–H and O–H groups in total. The Morgan fingerprint density at radius 1 is 1.69 bits per heavy atom. The molecule has 3 nitrogen and oxygen atoms in total. The van der Waals surface area contributed by atoms with Crippen molar-refractivity contribution in [1.82, 2.24) is 4.90 Å². The molecule has 1 atom stereocenters. The summed E-state index contributed by atoms with van der Waals surface area (Å²) in [7, 11) is 0. The van der Waals surface area contributed by atoms with E-state index in [0.717, 1.165) is 0 Å². The Balaban J connectivity index is 2.06. The molecule has 70 valence electrons. The first-order valence-corrected chi connectivity index (χ1v) is 5.24. The van der Waals surface area contributed by atoms with Crippen molar-refractivity contribution in [3.63, 3.8) is 0 Å². The molecule has 13 heavy (non-hydrogen) atoms. The van der Waals surface area contributed by atoms with Crippen molar-refractivity contribution in [2.75, 3.05) is 13.1 Å². The molecular formula is C9H12N2OS. The molecule has 0 spiro atoms. The Bertz CT molecular complexity index is 297. The number of hydrogen-bond donors (Lipinski definition) is 1. The third-order valence-corrected chi connectivity index (χ3v) is 3.28. The highest BCUT2D eigenvalue weighted by Gasteiger charge is 2.36. The number of hydrogen-bond acceptors (Lipinski definition) is 3. The lowest BCUT2D eigenvalue weighted by molar-refractivity contribution is -0.145. The highest BCUT2D eigenvalue weighted by Crippen LogP contribution is 2.36. The molecule has 0 bridgehead atoms. The van der Waals surface area contributed by atoms with Crippen molar-refractivity contribution in [3.05, 3.63) is 22.4 Å². The second-order valence-corrected chi connectivity index (χ2v) is 4.09. The zero-order valence-electron chi connectivity index (χ0n) is 7.27. The number of thiophene rings is 1. The first kappa shape index (κ1) is 8.72. The molecule has 4 heteroatoms. The Labute approximate surface area is 81.2 Å². The van der Waals surface area contributed by atoms with Gasteiger partial charge in [0.25, 0.3) is 0 Å². The predicted molar refractivity (Wildman–Crippen MR) is 52.4 cm³/mol. The van der Waals surface area contributed by atoms with E-state index in [1.165, 1.54) is 4.88 Å². The van der Waals surface area contributed by atoms with Gasteiger partial charge in [0, 0.05) is 18.0 Å². The molecule has 0 aromatic carbocycles. The fourth-order valence-electron chi connectivity index (χ4n) is 1.61. The molecule has 1 aliphatic rings. The summed E-state index contributed by atoms with van der Waals surface area (Å²) in [6, 6.07) is 4.39. The SMILES string of the molecule is NCCN1C(=O)CC1c1cccs1. The van der Waals surface area contributed by atoms with Crippen molar-refractivity contribution in [2.24, 2.45) is 5.73 Å². The van der Waals surface area contributed by atoms with E-state index in [0.29, 0.717) is 25.6 Å². The Hall–Kier alpha value is -0.870. The fourth-order valence-corrected chi connectivity index (χ4v) is 2.45. The van der Waals surface area contributed by atoms with Crippen LogP contribution in [0, 0.1) is 0 Å². The Morgan fingerprint density at radius 3 is 3.08 bits per heavy atom. The van der Waals surface area contributed by atoms with Crippen LogP contribution in [-0.4, -0.2) is 23.9 Å². The molecule has 1 aromatic heterocycles. The number of nitrogens with zero attached hydrogens (tertiary/aromatic N) is 1. The van der Waals surface area contributed by atoms with E-state index in [2.05, 4.69) is 6.07 Å². The van der Waals surface area contributed by atoms with Crippen LogP contribution in [0.2, 0.25) is 0 Å². The van der Waals surface area contributed by atoms with Gasteiger partial charge in [0.2, 0.25) is 5.91 Å². The van der Waals surface area contributed by atoms with Crippen LogP contribution >= 0.6 is 11.3 Å². The summed E-state index contributed by atoms with van der Waals surface area (Å²) >= 11 is 1.70. The summed E-state index contributed by atoms with van der Waals surface area (Å²) < 4.78 is 0. The molecule has 1 aliphatic heterocycles. The van der Waals surface area contributed by atoms with Crippen LogP contribution in [0.25, 0.3) is 0 Å². The van der Waals surface area contributed by atoms with Crippen LogP contribution in [0.5, 0.6) is 0 Å². The lowest BCUT2D eigenvalue weighted by atomic mass is 10.0. The molecule has 2 heterocycles. The van der Waals surface area contributed by atoms with Crippen LogP contribution in [0.1, 0.15) is 17.3 Å². The van der Waals surface area contributed by atoms with E-state index >= 15 is 0 Å². The van der Waals surface area contributed by atoms with E-state index in [-0.39, 0.29) is 5.91 Å². The number of carbonyl (C=O) groups excluding carboxylic acids is 1. The number of nitrogens with two attached hydrogens (primary N) is 1. The van der Waals surface area contributed by atoms with Gasteiger partial charge in [-0.3, -0.25) is 4.79 Å². The minimum absolute atomic E-state index is 0.226. The van der Waals surface area contributed by atoms with Crippen molar-refractivity contribution in [1.29, 1.82) is 0 Å². The van der Waals surface area contributed by atoms with Crippen LogP contribution in [0.4, 0.5) is 0 Å². The molecule has 1 saturated heterocycles. The summed E-state index contributed by atoms with van der Waals surface area (Å²) in [6.45, 7) is 1.23. The third kappa shape index (κ3) is 1.47. The number of amides is 1. The van der Waals surface area contributed by atoms with Gasteiger partial charge in [-0.05, 0) is 11.4 Å². The minimum atomic E-state index is 0.226. The third-order valence-electron chi connectivity index (χ3n) is 2.31. The zero-order chi connectivity index (χ0) is 9.26. The fraction of sp³-hybridized carbons (Fsp3) is 0.444. The van der Waals surface area contributed by atoms with Gasteiger partial charge in [-0.2, -0.15) is 0 Å². The standard InChI is InChI=1S/C9H12N2OS/c10-3-4-11-7(6-9(11)12)8-2-1-5-13-8/h1-2,5,7H,3-4,6,10H2. The summed E-state index contributed by atoms with van der Waals surface area (Å²) in [6.07, 6.45) is 0.653. The second-order valence-electron chi connectivity index (χ2n) is 3.11. The van der Waals surface area contributed by atoms with Gasteiger partial charge in [-0.15, -0.1) is 11.3 Å². The summed E-state index contributed by atoms with van der Waals surface area (Å²) in [5.41, 5.74) is 5.43. The first-order valence-electron chi connectivity index (χ1n) is 4.36. The highest BCUT2D eigenvalue weighted by molar-refractivity contribution is 7.10. The smallest absolute Gasteiger partial charge is 0.225 e. The maximum absolute atomic E-state index is 11.2. The van der Waals surface area contributed by atoms with E-state index in [4.69, 9.17) is 5.73 Å². The maximum atomic E-state index is 11.2. The normalized spacial score (nSPS) is 21.8. The summed E-state index contributed by atoms with van der Waals surface area (Å²) in [4.78, 5) is 14.3. The molecular weight excluding hydrogens is 184 g/mol. The second kappa shape index (κ2) is 3.47. The van der Waals surface area contributed by atoms with Crippen LogP contribution in [-0.2, 0) is 4.79 Å². The first-order chi connectivity index (χ1) is 6.33. The van der Waals surface area contributed by atoms with Gasteiger partial charge in [0.15, 0.2) is 0 Å². The zero-order valence-corrected chi connectivity index (χ0v) is 8.09. The predicted octanol–water partition coefficient (Wildman–Crippen LogP) is 0.980. The van der Waals surface area contributed by atoms with Crippen LogP contribution in [0.15, 0.2) is 17.5 Å². The van der Waals surface area contributed by atoms with Crippen molar-refractivity contribution < 1.29 is 4.79 Å². The van der Waals surface area contributed by atoms with Crippen molar-refractivity contribution >= 4 is 17.2 Å². The molecule has 1 aromatic rings. The molecule has 0 aliphatic carbocycles. The summed E-state index contributed by atoms with van der Waals surface area (Å²) in [5.74, 6) is 0.226. The van der Waals surface area contributed by atoms with E-state index in [1.54, 1.807) is 11.3 Å². The molecule has 1 fully saturated rings. The lowest BCUT2D eigenvalue weighted by Crippen LogP contribution is -2.48. The number of β-lactam (4-membered cyclic amide) rings is 1. The minimum Gasteiger partial charge on any atom is -0.333 e. The number of likely N-dealkylation sites (tertiary alicyclic amines) is 1. The van der Waals surface area contributed by atoms with E-state index in [9.17, 15) is 4.79 Å². The molecule has 1 amide bonds. The topological polar surface area (TPSA) is 46.3 Å². The van der Waals surface area contributed by atoms with Gasteiger partial charge in [0.05, 0.1) is 12.5 Å². The summed E-state index contributed by atoms with van der Waals surface area (Å²) in [5, 5.41) is 2.04. The molecule has 2 rings (SSSR count). The number of rotatable bonds is 3. The maximum Gasteiger partial charge on any atom is 0.225 e. The highest BCUT2D eigenvalue weighted by atomic mass is 32.1. The van der Waals surface area contributed by atoms with Gasteiger partial charge < -0.3 is 10.6 Å². The lowest BCUT2D eigenvalue weighted by Gasteiger charge is -2.39. The average molecular weight is 196 g/mol. The number of carbonyl (C=O) groups is 1. The Morgan fingerprint density at radius 2 is 2.54 bits per heavy atom.